The number of likely N-dealkylation sites (N-methyl/N-ethyl adjacent to an activating group) is 1. The molecule has 0 spiro atoms. The van der Waals surface area contributed by atoms with E-state index in [4.69, 9.17) is 5.26 Å². The van der Waals surface area contributed by atoms with E-state index in [1.807, 2.05) is 0 Å². The molecule has 0 aliphatic carbocycles. The Morgan fingerprint density at radius 3 is 2.67 bits per heavy atom. The molecule has 0 bridgehead atoms. The van der Waals surface area contributed by atoms with Gasteiger partial charge in [-0.2, -0.15) is 9.57 Å². The van der Waals surface area contributed by atoms with Crippen molar-refractivity contribution in [2.75, 3.05) is 13.6 Å². The Morgan fingerprint density at radius 2 is 2.17 bits per heavy atom. The summed E-state index contributed by atoms with van der Waals surface area (Å²) in [4.78, 5) is -0.107. The van der Waals surface area contributed by atoms with E-state index >= 15 is 0 Å². The molecule has 1 aromatic carbocycles. The van der Waals surface area contributed by atoms with Gasteiger partial charge < -0.3 is 0 Å². The summed E-state index contributed by atoms with van der Waals surface area (Å²) in [5.41, 5.74) is 0.392. The molecule has 0 saturated carbocycles. The fraction of sp³-hybridized carbons (Fsp3) is 0.250. The average molecular weight is 268 g/mol. The molecule has 0 aromatic heterocycles. The SMILES string of the molecule is C=C(C)CN(C)S(=O)(=O)c1ccc(F)c(C#N)c1. The molecule has 18 heavy (non-hydrogen) atoms. The van der Waals surface area contributed by atoms with Crippen molar-refractivity contribution in [3.8, 4) is 6.07 Å². The van der Waals surface area contributed by atoms with Gasteiger partial charge in [-0.05, 0) is 25.1 Å². The summed E-state index contributed by atoms with van der Waals surface area (Å²) < 4.78 is 38.4. The zero-order valence-corrected chi connectivity index (χ0v) is 11.0. The Morgan fingerprint density at radius 1 is 1.56 bits per heavy atom. The van der Waals surface area contributed by atoms with Crippen LogP contribution in [-0.4, -0.2) is 26.3 Å². The number of sulfonamides is 1. The normalized spacial score (nSPS) is 11.3. The lowest BCUT2D eigenvalue weighted by molar-refractivity contribution is 0.493. The first kappa shape index (κ1) is 14.4. The molecule has 0 atom stereocenters. The van der Waals surface area contributed by atoms with Crippen molar-refractivity contribution >= 4 is 10.0 Å². The molecule has 0 N–H and O–H groups in total. The maximum absolute atomic E-state index is 13.1. The zero-order valence-electron chi connectivity index (χ0n) is 10.1. The van der Waals surface area contributed by atoms with Gasteiger partial charge in [0.05, 0.1) is 10.5 Å². The van der Waals surface area contributed by atoms with Gasteiger partial charge in [0.15, 0.2) is 0 Å². The van der Waals surface area contributed by atoms with Crippen LogP contribution < -0.4 is 0 Å². The smallest absolute Gasteiger partial charge is 0.207 e. The molecule has 0 fully saturated rings. The Bertz CT molecular complexity index is 617. The minimum atomic E-state index is -3.73. The standard InChI is InChI=1S/C12H13FN2O2S/c1-9(2)8-15(3)18(16,17)11-4-5-12(13)10(6-11)7-14/h4-6H,1,8H2,2-3H3. The highest BCUT2D eigenvalue weighted by Crippen LogP contribution is 2.18. The van der Waals surface area contributed by atoms with Crippen molar-refractivity contribution in [3.63, 3.8) is 0 Å². The van der Waals surface area contributed by atoms with E-state index in [0.29, 0.717) is 5.57 Å². The van der Waals surface area contributed by atoms with Crippen molar-refractivity contribution in [2.45, 2.75) is 11.8 Å². The molecule has 0 saturated heterocycles. The first-order valence-corrected chi connectivity index (χ1v) is 6.53. The second-order valence-electron chi connectivity index (χ2n) is 3.97. The fourth-order valence-corrected chi connectivity index (χ4v) is 2.65. The monoisotopic (exact) mass is 268 g/mol. The van der Waals surface area contributed by atoms with E-state index in [1.165, 1.54) is 7.05 Å². The van der Waals surface area contributed by atoms with Gasteiger partial charge >= 0.3 is 0 Å². The van der Waals surface area contributed by atoms with Gasteiger partial charge in [-0.25, -0.2) is 12.8 Å². The van der Waals surface area contributed by atoms with Crippen LogP contribution in [0.4, 0.5) is 4.39 Å². The predicted molar refractivity (Wildman–Crippen MR) is 65.7 cm³/mol. The summed E-state index contributed by atoms with van der Waals surface area (Å²) in [5, 5.41) is 8.68. The molecule has 96 valence electrons. The van der Waals surface area contributed by atoms with E-state index in [-0.39, 0.29) is 17.0 Å². The molecule has 0 aliphatic rings. The highest BCUT2D eigenvalue weighted by atomic mass is 32.2. The van der Waals surface area contributed by atoms with Gasteiger partial charge in [0.1, 0.15) is 11.9 Å². The van der Waals surface area contributed by atoms with Gasteiger partial charge in [0.2, 0.25) is 10.0 Å². The van der Waals surface area contributed by atoms with Crippen molar-refractivity contribution in [2.24, 2.45) is 0 Å². The lowest BCUT2D eigenvalue weighted by Crippen LogP contribution is -2.28. The van der Waals surface area contributed by atoms with Crippen LogP contribution in [0.1, 0.15) is 12.5 Å². The summed E-state index contributed by atoms with van der Waals surface area (Å²) in [7, 11) is -2.33. The summed E-state index contributed by atoms with van der Waals surface area (Å²) in [6, 6.07) is 4.75. The molecular formula is C12H13FN2O2S. The third-order valence-corrected chi connectivity index (χ3v) is 4.06. The zero-order chi connectivity index (χ0) is 13.9. The lowest BCUT2D eigenvalue weighted by atomic mass is 10.2. The highest BCUT2D eigenvalue weighted by Gasteiger charge is 2.21. The van der Waals surface area contributed by atoms with Crippen LogP contribution in [0.2, 0.25) is 0 Å². The predicted octanol–water partition coefficient (Wildman–Crippen LogP) is 1.89. The van der Waals surface area contributed by atoms with Crippen molar-refractivity contribution < 1.29 is 12.8 Å². The van der Waals surface area contributed by atoms with E-state index in [1.54, 1.807) is 13.0 Å². The maximum atomic E-state index is 13.1. The van der Waals surface area contributed by atoms with Crippen molar-refractivity contribution in [1.29, 1.82) is 5.26 Å². The lowest BCUT2D eigenvalue weighted by Gasteiger charge is -2.17. The van der Waals surface area contributed by atoms with Crippen LogP contribution in [0.25, 0.3) is 0 Å². The van der Waals surface area contributed by atoms with Gasteiger partial charge in [-0.3, -0.25) is 0 Å². The quantitative estimate of drug-likeness (QED) is 0.783. The molecular weight excluding hydrogens is 255 g/mol. The first-order valence-electron chi connectivity index (χ1n) is 5.09. The van der Waals surface area contributed by atoms with Gasteiger partial charge in [0, 0.05) is 13.6 Å². The van der Waals surface area contributed by atoms with E-state index in [9.17, 15) is 12.8 Å². The molecule has 0 amide bonds. The van der Waals surface area contributed by atoms with Crippen LogP contribution in [0.3, 0.4) is 0 Å². The number of nitriles is 1. The van der Waals surface area contributed by atoms with Crippen LogP contribution in [0, 0.1) is 17.1 Å². The van der Waals surface area contributed by atoms with Crippen LogP contribution in [0.15, 0.2) is 35.2 Å². The maximum Gasteiger partial charge on any atom is 0.243 e. The minimum absolute atomic E-state index is 0.107. The van der Waals surface area contributed by atoms with Gasteiger partial charge in [-0.15, -0.1) is 0 Å². The molecule has 0 radical (unpaired) electrons. The van der Waals surface area contributed by atoms with Crippen LogP contribution in [-0.2, 0) is 10.0 Å². The highest BCUT2D eigenvalue weighted by molar-refractivity contribution is 7.89. The second-order valence-corrected chi connectivity index (χ2v) is 6.02. The van der Waals surface area contributed by atoms with Crippen molar-refractivity contribution in [1.82, 2.24) is 4.31 Å². The van der Waals surface area contributed by atoms with E-state index < -0.39 is 15.8 Å². The molecule has 0 heterocycles. The first-order chi connectivity index (χ1) is 8.28. The van der Waals surface area contributed by atoms with Gasteiger partial charge in [0.25, 0.3) is 0 Å². The Balaban J connectivity index is 3.21. The minimum Gasteiger partial charge on any atom is -0.207 e. The van der Waals surface area contributed by atoms with Crippen molar-refractivity contribution in [3.05, 3.63) is 41.7 Å². The van der Waals surface area contributed by atoms with Crippen LogP contribution in [0.5, 0.6) is 0 Å². The molecule has 1 rings (SSSR count). The molecule has 1 aromatic rings. The molecule has 4 nitrogen and oxygen atoms in total. The van der Waals surface area contributed by atoms with E-state index in [2.05, 4.69) is 6.58 Å². The summed E-state index contributed by atoms with van der Waals surface area (Å²) in [6.45, 7) is 5.51. The summed E-state index contributed by atoms with van der Waals surface area (Å²) >= 11 is 0. The van der Waals surface area contributed by atoms with Crippen LogP contribution >= 0.6 is 0 Å². The molecule has 6 heteroatoms. The number of nitrogens with zero attached hydrogens (tertiary/aromatic N) is 2. The number of hydrogen-bond donors (Lipinski definition) is 0. The Kier molecular flexibility index (Phi) is 4.22. The summed E-state index contributed by atoms with van der Waals surface area (Å²) in [6.07, 6.45) is 0. The second kappa shape index (κ2) is 5.29. The Hall–Kier alpha value is -1.71. The third kappa shape index (κ3) is 2.94. The Labute approximate surface area is 106 Å². The number of halogens is 1. The largest absolute Gasteiger partial charge is 0.243 e. The fourth-order valence-electron chi connectivity index (χ4n) is 1.40. The number of hydrogen-bond acceptors (Lipinski definition) is 3. The third-order valence-electron chi connectivity index (χ3n) is 2.26. The van der Waals surface area contributed by atoms with E-state index in [0.717, 1.165) is 22.5 Å². The van der Waals surface area contributed by atoms with Gasteiger partial charge in [-0.1, -0.05) is 12.2 Å². The number of benzene rings is 1. The average Bonchev–Trinajstić information content (AvgIpc) is 2.28. The molecule has 0 aliphatic heterocycles. The number of rotatable bonds is 4. The topological polar surface area (TPSA) is 61.2 Å². The molecule has 0 unspecified atom stereocenters. The summed E-state index contributed by atoms with van der Waals surface area (Å²) in [5.74, 6) is -0.737.